The topological polar surface area (TPSA) is 98.6 Å². The number of ether oxygens (including phenoxy) is 2. The van der Waals surface area contributed by atoms with Crippen molar-refractivity contribution in [2.24, 2.45) is 0 Å². The van der Waals surface area contributed by atoms with Crippen LogP contribution >= 0.6 is 0 Å². The van der Waals surface area contributed by atoms with Gasteiger partial charge in [0, 0.05) is 11.4 Å². The van der Waals surface area contributed by atoms with Crippen molar-refractivity contribution in [3.63, 3.8) is 0 Å². The van der Waals surface area contributed by atoms with Crippen molar-refractivity contribution in [1.82, 2.24) is 9.97 Å². The van der Waals surface area contributed by atoms with E-state index in [0.29, 0.717) is 17.1 Å². The van der Waals surface area contributed by atoms with Crippen LogP contribution in [0.5, 0.6) is 11.5 Å². The molecule has 0 aliphatic carbocycles. The summed E-state index contributed by atoms with van der Waals surface area (Å²) < 4.78 is 10.5. The Morgan fingerprint density at radius 1 is 0.889 bits per heavy atom. The van der Waals surface area contributed by atoms with E-state index in [2.05, 4.69) is 9.97 Å². The third kappa shape index (κ3) is 5.10. The van der Waals surface area contributed by atoms with Gasteiger partial charge in [-0.15, -0.1) is 0 Å². The number of esters is 2. The number of aryl methyl sites for hydroxylation is 6. The molecule has 0 amide bonds. The van der Waals surface area contributed by atoms with E-state index >= 15 is 0 Å². The lowest BCUT2D eigenvalue weighted by atomic mass is 10.2. The van der Waals surface area contributed by atoms with Crippen LogP contribution in [0, 0.1) is 41.5 Å². The molecule has 0 saturated carbocycles. The molecular weight excluding hydrogens is 348 g/mol. The van der Waals surface area contributed by atoms with E-state index in [-0.39, 0.29) is 5.75 Å². The molecule has 2 rings (SSSR count). The molecule has 0 aromatic carbocycles. The summed E-state index contributed by atoms with van der Waals surface area (Å²) in [7, 11) is 0. The quantitative estimate of drug-likeness (QED) is 0.805. The second-order valence-electron chi connectivity index (χ2n) is 6.61. The number of aliphatic hydroxyl groups excluding tert-OH is 1. The first kappa shape index (κ1) is 20.5. The van der Waals surface area contributed by atoms with E-state index in [0.717, 1.165) is 22.5 Å². The third-order valence-electron chi connectivity index (χ3n) is 3.96. The minimum Gasteiger partial charge on any atom is -0.424 e. The molecule has 1 N–H and O–H groups in total. The van der Waals surface area contributed by atoms with Gasteiger partial charge in [-0.05, 0) is 64.8 Å². The minimum absolute atomic E-state index is 0.285. The van der Waals surface area contributed by atoms with Gasteiger partial charge in [-0.1, -0.05) is 0 Å². The van der Waals surface area contributed by atoms with Gasteiger partial charge in [-0.3, -0.25) is 14.8 Å². The third-order valence-corrected chi connectivity index (χ3v) is 3.96. The molecular formula is C20H24N2O5. The van der Waals surface area contributed by atoms with Crippen molar-refractivity contribution in [1.29, 1.82) is 0 Å². The number of hydrogen-bond acceptors (Lipinski definition) is 7. The molecule has 0 saturated heterocycles. The molecule has 27 heavy (non-hydrogen) atoms. The lowest BCUT2D eigenvalue weighted by molar-refractivity contribution is -0.150. The zero-order chi connectivity index (χ0) is 20.3. The molecule has 144 valence electrons. The highest BCUT2D eigenvalue weighted by Crippen LogP contribution is 2.24. The summed E-state index contributed by atoms with van der Waals surface area (Å²) in [6.45, 7) is 10.7. The summed E-state index contributed by atoms with van der Waals surface area (Å²) in [5.74, 6) is -1.06. The number of aliphatic hydroxyl groups is 1. The molecule has 0 aliphatic rings. The predicted octanol–water partition coefficient (Wildman–Crippen LogP) is 2.59. The molecule has 0 bridgehead atoms. The van der Waals surface area contributed by atoms with E-state index in [1.807, 2.05) is 13.8 Å². The Balaban J connectivity index is 2.03. The molecule has 0 spiro atoms. The summed E-state index contributed by atoms with van der Waals surface area (Å²) >= 11 is 0. The molecule has 7 nitrogen and oxygen atoms in total. The second kappa shape index (κ2) is 8.26. The van der Waals surface area contributed by atoms with Gasteiger partial charge in [0.15, 0.2) is 17.6 Å². The maximum absolute atomic E-state index is 12.1. The standard InChI is InChI=1S/C20H24N2O5/c1-10-7-12(3)21-14(5)18(10)26-17(24)9-16(23)20(25)27-19-11(2)8-13(4)22-15(19)6/h7-8,16,23H,9H2,1-6H3. The monoisotopic (exact) mass is 372 g/mol. The first-order valence-corrected chi connectivity index (χ1v) is 8.58. The van der Waals surface area contributed by atoms with Crippen molar-refractivity contribution >= 4 is 11.9 Å². The van der Waals surface area contributed by atoms with Crippen LogP contribution in [0.3, 0.4) is 0 Å². The van der Waals surface area contributed by atoms with Crippen molar-refractivity contribution in [2.75, 3.05) is 0 Å². The molecule has 2 aromatic rings. The fourth-order valence-corrected chi connectivity index (χ4v) is 2.90. The van der Waals surface area contributed by atoms with E-state index in [1.165, 1.54) is 0 Å². The maximum atomic E-state index is 12.1. The molecule has 1 unspecified atom stereocenters. The maximum Gasteiger partial charge on any atom is 0.341 e. The molecule has 1 atom stereocenters. The Morgan fingerprint density at radius 3 is 1.78 bits per heavy atom. The lowest BCUT2D eigenvalue weighted by Gasteiger charge is -2.14. The van der Waals surface area contributed by atoms with Gasteiger partial charge in [0.25, 0.3) is 0 Å². The second-order valence-corrected chi connectivity index (χ2v) is 6.61. The van der Waals surface area contributed by atoms with E-state index in [1.54, 1.807) is 39.8 Å². The summed E-state index contributed by atoms with van der Waals surface area (Å²) in [6, 6.07) is 3.56. The number of carbonyl (C=O) groups excluding carboxylic acids is 2. The first-order chi connectivity index (χ1) is 12.6. The van der Waals surface area contributed by atoms with Crippen molar-refractivity contribution in [3.8, 4) is 11.5 Å². The zero-order valence-electron chi connectivity index (χ0n) is 16.4. The fraction of sp³-hybridized carbons (Fsp3) is 0.400. The van der Waals surface area contributed by atoms with Crippen LogP contribution in [0.25, 0.3) is 0 Å². The van der Waals surface area contributed by atoms with Crippen LogP contribution < -0.4 is 9.47 Å². The summed E-state index contributed by atoms with van der Waals surface area (Å²) in [4.78, 5) is 32.7. The number of aromatic nitrogens is 2. The Kier molecular flexibility index (Phi) is 6.28. The number of hydrogen-bond donors (Lipinski definition) is 1. The average Bonchev–Trinajstić information content (AvgIpc) is 2.53. The van der Waals surface area contributed by atoms with Crippen LogP contribution in [0.4, 0.5) is 0 Å². The van der Waals surface area contributed by atoms with Crippen molar-refractivity contribution < 1.29 is 24.2 Å². The van der Waals surface area contributed by atoms with Gasteiger partial charge in [-0.25, -0.2) is 4.79 Å². The number of pyridine rings is 2. The van der Waals surface area contributed by atoms with Gasteiger partial charge in [0.2, 0.25) is 0 Å². The van der Waals surface area contributed by atoms with Crippen LogP contribution in [-0.2, 0) is 9.59 Å². The number of carbonyl (C=O) groups is 2. The molecule has 0 aliphatic heterocycles. The molecule has 7 heteroatoms. The van der Waals surface area contributed by atoms with Gasteiger partial charge in [0.05, 0.1) is 17.8 Å². The predicted molar refractivity (Wildman–Crippen MR) is 98.8 cm³/mol. The Bertz CT molecular complexity index is 846. The van der Waals surface area contributed by atoms with Crippen molar-refractivity contribution in [3.05, 3.63) is 46.0 Å². The normalized spacial score (nSPS) is 11.8. The van der Waals surface area contributed by atoms with Gasteiger partial charge >= 0.3 is 11.9 Å². The van der Waals surface area contributed by atoms with Gasteiger partial charge in [0.1, 0.15) is 0 Å². The molecule has 0 fully saturated rings. The van der Waals surface area contributed by atoms with E-state index in [9.17, 15) is 14.7 Å². The highest BCUT2D eigenvalue weighted by atomic mass is 16.6. The summed E-state index contributed by atoms with van der Waals surface area (Å²) in [5.41, 5.74) is 4.18. The largest absolute Gasteiger partial charge is 0.424 e. The fourth-order valence-electron chi connectivity index (χ4n) is 2.90. The number of nitrogens with zero attached hydrogens (tertiary/aromatic N) is 2. The van der Waals surface area contributed by atoms with Crippen LogP contribution in [0.15, 0.2) is 12.1 Å². The Hall–Kier alpha value is -2.80. The van der Waals surface area contributed by atoms with E-state index < -0.39 is 24.5 Å². The van der Waals surface area contributed by atoms with Gasteiger partial charge in [-0.2, -0.15) is 0 Å². The Morgan fingerprint density at radius 2 is 1.33 bits per heavy atom. The molecule has 0 radical (unpaired) electrons. The zero-order valence-corrected chi connectivity index (χ0v) is 16.4. The summed E-state index contributed by atoms with van der Waals surface area (Å²) in [6.07, 6.45) is -2.17. The van der Waals surface area contributed by atoms with Crippen LogP contribution in [0.2, 0.25) is 0 Å². The summed E-state index contributed by atoms with van der Waals surface area (Å²) in [5, 5.41) is 10.0. The van der Waals surface area contributed by atoms with E-state index in [4.69, 9.17) is 9.47 Å². The Labute approximate surface area is 158 Å². The average molecular weight is 372 g/mol. The lowest BCUT2D eigenvalue weighted by Crippen LogP contribution is -2.30. The first-order valence-electron chi connectivity index (χ1n) is 8.58. The smallest absolute Gasteiger partial charge is 0.341 e. The minimum atomic E-state index is -1.64. The van der Waals surface area contributed by atoms with Crippen molar-refractivity contribution in [2.45, 2.75) is 54.1 Å². The van der Waals surface area contributed by atoms with Crippen LogP contribution in [0.1, 0.15) is 40.3 Å². The SMILES string of the molecule is Cc1cc(C)c(OC(=O)CC(O)C(=O)Oc2c(C)cc(C)nc2C)c(C)n1. The number of rotatable bonds is 5. The molecule has 2 heterocycles. The van der Waals surface area contributed by atoms with Crippen LogP contribution in [-0.4, -0.2) is 33.1 Å². The molecule has 2 aromatic heterocycles. The highest BCUT2D eigenvalue weighted by Gasteiger charge is 2.24. The van der Waals surface area contributed by atoms with Gasteiger partial charge < -0.3 is 14.6 Å². The highest BCUT2D eigenvalue weighted by molar-refractivity contribution is 5.84.